The first-order valence-corrected chi connectivity index (χ1v) is 10.4. The molecule has 0 radical (unpaired) electrons. The van der Waals surface area contributed by atoms with Crippen LogP contribution in [0, 0.1) is 0 Å². The summed E-state index contributed by atoms with van der Waals surface area (Å²) in [5, 5.41) is 8.16. The zero-order valence-corrected chi connectivity index (χ0v) is 16.6. The highest BCUT2D eigenvalue weighted by Crippen LogP contribution is 2.32. The van der Waals surface area contributed by atoms with Gasteiger partial charge in [0.1, 0.15) is 12.7 Å². The fourth-order valence-corrected chi connectivity index (χ4v) is 4.56. The van der Waals surface area contributed by atoms with Crippen LogP contribution in [0.3, 0.4) is 0 Å². The smallest absolute Gasteiger partial charge is 0.255 e. The van der Waals surface area contributed by atoms with Crippen molar-refractivity contribution in [3.8, 4) is 0 Å². The lowest BCUT2D eigenvalue weighted by Crippen LogP contribution is -2.16. The number of amides is 1. The third kappa shape index (κ3) is 3.84. The van der Waals surface area contributed by atoms with E-state index in [9.17, 15) is 4.79 Å². The Labute approximate surface area is 172 Å². The number of hydrogen-bond donors (Lipinski definition) is 1. The molecule has 0 unspecified atom stereocenters. The number of fused-ring (bicyclic) bond motifs is 1. The van der Waals surface area contributed by atoms with Crippen LogP contribution in [0.1, 0.15) is 28.8 Å². The lowest BCUT2D eigenvalue weighted by Gasteiger charge is -2.11. The summed E-state index contributed by atoms with van der Waals surface area (Å²) >= 11 is 1.69. The Morgan fingerprint density at radius 3 is 2.69 bits per heavy atom. The molecule has 0 atom stereocenters. The van der Waals surface area contributed by atoms with Crippen molar-refractivity contribution in [2.24, 2.45) is 0 Å². The van der Waals surface area contributed by atoms with Gasteiger partial charge >= 0.3 is 0 Å². The Bertz CT molecular complexity index is 1130. The molecule has 4 aromatic rings. The molecule has 0 bridgehead atoms. The molecule has 0 saturated carbocycles. The molecule has 1 aliphatic rings. The van der Waals surface area contributed by atoms with Gasteiger partial charge in [-0.1, -0.05) is 23.5 Å². The molecule has 1 N–H and O–H groups in total. The molecular formula is C21H20N6OS. The maximum atomic E-state index is 12.6. The van der Waals surface area contributed by atoms with Crippen LogP contribution < -0.4 is 10.2 Å². The number of carbonyl (C=O) groups excluding carboxylic acids is 1. The summed E-state index contributed by atoms with van der Waals surface area (Å²) < 4.78 is 2.84. The summed E-state index contributed by atoms with van der Waals surface area (Å²) in [7, 11) is 0. The molecule has 5 rings (SSSR count). The Morgan fingerprint density at radius 2 is 1.93 bits per heavy atom. The van der Waals surface area contributed by atoms with Gasteiger partial charge in [-0.25, -0.2) is 14.6 Å². The molecular weight excluding hydrogens is 384 g/mol. The molecule has 0 aliphatic carbocycles. The Morgan fingerprint density at radius 1 is 1.10 bits per heavy atom. The second-order valence-corrected chi connectivity index (χ2v) is 8.13. The van der Waals surface area contributed by atoms with Crippen LogP contribution in [-0.4, -0.2) is 38.7 Å². The number of nitrogens with zero attached hydrogens (tertiary/aromatic N) is 5. The molecule has 7 nitrogen and oxygen atoms in total. The fourth-order valence-electron chi connectivity index (χ4n) is 3.50. The van der Waals surface area contributed by atoms with E-state index in [1.807, 2.05) is 42.5 Å². The van der Waals surface area contributed by atoms with Crippen LogP contribution in [0.25, 0.3) is 10.2 Å². The minimum atomic E-state index is -0.124. The number of rotatable bonds is 5. The Kier molecular flexibility index (Phi) is 4.69. The summed E-state index contributed by atoms with van der Waals surface area (Å²) in [5.74, 6) is -0.124. The molecule has 1 amide bonds. The van der Waals surface area contributed by atoms with E-state index in [0.29, 0.717) is 12.1 Å². The van der Waals surface area contributed by atoms with Crippen molar-refractivity contribution in [2.45, 2.75) is 19.4 Å². The average molecular weight is 404 g/mol. The van der Waals surface area contributed by atoms with Crippen molar-refractivity contribution in [1.29, 1.82) is 0 Å². The van der Waals surface area contributed by atoms with E-state index >= 15 is 0 Å². The van der Waals surface area contributed by atoms with E-state index in [1.54, 1.807) is 22.3 Å². The first-order valence-electron chi connectivity index (χ1n) is 9.63. The minimum absolute atomic E-state index is 0.124. The van der Waals surface area contributed by atoms with Crippen LogP contribution in [0.4, 0.5) is 10.8 Å². The first-order chi connectivity index (χ1) is 14.2. The third-order valence-corrected chi connectivity index (χ3v) is 6.12. The van der Waals surface area contributed by atoms with Gasteiger partial charge in [0.25, 0.3) is 5.91 Å². The number of benzene rings is 2. The maximum Gasteiger partial charge on any atom is 0.255 e. The number of aromatic nitrogens is 4. The van der Waals surface area contributed by atoms with Crippen LogP contribution in [0.15, 0.2) is 55.1 Å². The molecule has 29 heavy (non-hydrogen) atoms. The summed E-state index contributed by atoms with van der Waals surface area (Å²) in [6, 6.07) is 13.4. The van der Waals surface area contributed by atoms with Gasteiger partial charge in [0.2, 0.25) is 0 Å². The lowest BCUT2D eigenvalue weighted by atomic mass is 10.1. The second kappa shape index (κ2) is 7.63. The summed E-state index contributed by atoms with van der Waals surface area (Å²) in [6.07, 6.45) is 5.64. The predicted molar refractivity (Wildman–Crippen MR) is 115 cm³/mol. The van der Waals surface area contributed by atoms with Crippen molar-refractivity contribution in [1.82, 2.24) is 19.7 Å². The van der Waals surface area contributed by atoms with Crippen molar-refractivity contribution in [2.75, 3.05) is 23.3 Å². The third-order valence-electron chi connectivity index (χ3n) is 5.04. The van der Waals surface area contributed by atoms with E-state index in [-0.39, 0.29) is 5.91 Å². The Balaban J connectivity index is 1.28. The minimum Gasteiger partial charge on any atom is -0.348 e. The Hall–Kier alpha value is -3.26. The van der Waals surface area contributed by atoms with Gasteiger partial charge in [0.05, 0.1) is 16.8 Å². The number of anilines is 2. The topological polar surface area (TPSA) is 75.9 Å². The summed E-state index contributed by atoms with van der Waals surface area (Å²) in [6.45, 7) is 2.79. The van der Waals surface area contributed by atoms with Crippen LogP contribution in [-0.2, 0) is 6.54 Å². The van der Waals surface area contributed by atoms with E-state index in [0.717, 1.165) is 39.7 Å². The van der Waals surface area contributed by atoms with E-state index < -0.39 is 0 Å². The van der Waals surface area contributed by atoms with E-state index in [2.05, 4.69) is 20.3 Å². The molecule has 8 heteroatoms. The van der Waals surface area contributed by atoms with Gasteiger partial charge in [-0.2, -0.15) is 5.10 Å². The molecule has 1 aliphatic heterocycles. The predicted octanol–water partition coefficient (Wildman–Crippen LogP) is 3.79. The molecule has 146 valence electrons. The molecule has 2 aromatic heterocycles. The van der Waals surface area contributed by atoms with Crippen molar-refractivity contribution < 1.29 is 4.79 Å². The normalized spacial score (nSPS) is 13.9. The van der Waals surface area contributed by atoms with Gasteiger partial charge in [0.15, 0.2) is 5.13 Å². The summed E-state index contributed by atoms with van der Waals surface area (Å²) in [4.78, 5) is 23.6. The van der Waals surface area contributed by atoms with Gasteiger partial charge in [-0.05, 0) is 48.7 Å². The van der Waals surface area contributed by atoms with Crippen molar-refractivity contribution >= 4 is 38.3 Å². The summed E-state index contributed by atoms with van der Waals surface area (Å²) in [5.41, 5.74) is 3.44. The van der Waals surface area contributed by atoms with Gasteiger partial charge in [-0.3, -0.25) is 4.79 Å². The highest BCUT2D eigenvalue weighted by molar-refractivity contribution is 7.22. The molecule has 0 spiro atoms. The quantitative estimate of drug-likeness (QED) is 0.548. The zero-order valence-electron chi connectivity index (χ0n) is 15.8. The van der Waals surface area contributed by atoms with Crippen LogP contribution in [0.5, 0.6) is 0 Å². The fraction of sp³-hybridized carbons (Fsp3) is 0.238. The molecule has 1 fully saturated rings. The lowest BCUT2D eigenvalue weighted by molar-refractivity contribution is 0.102. The van der Waals surface area contributed by atoms with E-state index in [4.69, 9.17) is 4.98 Å². The SMILES string of the molecule is O=C(Nc1ccc2nc(N3CCCC3)sc2c1)c1ccc(Cn2cncn2)cc1. The first kappa shape index (κ1) is 17.8. The van der Waals surface area contributed by atoms with Gasteiger partial charge < -0.3 is 10.2 Å². The van der Waals surface area contributed by atoms with Gasteiger partial charge in [0, 0.05) is 24.3 Å². The monoisotopic (exact) mass is 404 g/mol. The molecule has 1 saturated heterocycles. The maximum absolute atomic E-state index is 12.6. The standard InChI is InChI=1S/C21H20N6OS/c28-20(16-5-3-15(4-6-16)12-27-14-22-13-23-27)24-17-7-8-18-19(11-17)29-21(25-18)26-9-1-2-10-26/h3-8,11,13-14H,1-2,9-10,12H2,(H,24,28). The molecule has 3 heterocycles. The average Bonchev–Trinajstić information content (AvgIpc) is 3.49. The van der Waals surface area contributed by atoms with Crippen LogP contribution >= 0.6 is 11.3 Å². The second-order valence-electron chi connectivity index (χ2n) is 7.12. The highest BCUT2D eigenvalue weighted by Gasteiger charge is 2.16. The number of hydrogen-bond acceptors (Lipinski definition) is 6. The zero-order chi connectivity index (χ0) is 19.6. The number of thiazole rings is 1. The van der Waals surface area contributed by atoms with Crippen molar-refractivity contribution in [3.63, 3.8) is 0 Å². The number of carbonyl (C=O) groups is 1. The van der Waals surface area contributed by atoms with Crippen molar-refractivity contribution in [3.05, 3.63) is 66.2 Å². The van der Waals surface area contributed by atoms with Crippen LogP contribution in [0.2, 0.25) is 0 Å². The largest absolute Gasteiger partial charge is 0.348 e. The van der Waals surface area contributed by atoms with Gasteiger partial charge in [-0.15, -0.1) is 0 Å². The van der Waals surface area contributed by atoms with E-state index in [1.165, 1.54) is 19.2 Å². The molecule has 2 aromatic carbocycles. The highest BCUT2D eigenvalue weighted by atomic mass is 32.1. The number of nitrogens with one attached hydrogen (secondary N) is 1.